The van der Waals surface area contributed by atoms with Gasteiger partial charge in [-0.2, -0.15) is 0 Å². The van der Waals surface area contributed by atoms with E-state index in [-0.39, 0.29) is 1.43 Å². The minimum absolute atomic E-state index is 0. The zero-order valence-corrected chi connectivity index (χ0v) is 7.85. The Hall–Kier alpha value is -0.870. The number of sulfonamides is 1. The third-order valence-electron chi connectivity index (χ3n) is 1.60. The van der Waals surface area contributed by atoms with Gasteiger partial charge in [-0.25, -0.2) is 13.1 Å². The fourth-order valence-corrected chi connectivity index (χ4v) is 1.57. The summed E-state index contributed by atoms with van der Waals surface area (Å²) in [6.07, 6.45) is 0. The van der Waals surface area contributed by atoms with E-state index in [9.17, 15) is 8.42 Å². The predicted octanol–water partition coefficient (Wildman–Crippen LogP) is 1.15. The Morgan fingerprint density at radius 2 is 1.75 bits per heavy atom. The average Bonchev–Trinajstić information content (AvgIpc) is 2.05. The van der Waals surface area contributed by atoms with Crippen molar-refractivity contribution in [3.8, 4) is 0 Å². The lowest BCUT2D eigenvalue weighted by molar-refractivity contribution is 0.588. The summed E-state index contributed by atoms with van der Waals surface area (Å²) in [5.41, 5.74) is 1.05. The summed E-state index contributed by atoms with van der Waals surface area (Å²) >= 11 is 0. The molecule has 4 heteroatoms. The van der Waals surface area contributed by atoms with Crippen LogP contribution in [0.4, 0.5) is 0 Å². The maximum absolute atomic E-state index is 11.2. The lowest BCUT2D eigenvalue weighted by Gasteiger charge is -2.01. The van der Waals surface area contributed by atoms with Gasteiger partial charge in [-0.15, -0.1) is 0 Å². The first-order chi connectivity index (χ1) is 5.56. The first kappa shape index (κ1) is 9.22. The van der Waals surface area contributed by atoms with Crippen molar-refractivity contribution in [2.45, 2.75) is 11.8 Å². The van der Waals surface area contributed by atoms with E-state index in [1.807, 2.05) is 6.92 Å². The van der Waals surface area contributed by atoms with E-state index in [1.54, 1.807) is 24.3 Å². The van der Waals surface area contributed by atoms with Gasteiger partial charge in [-0.05, 0) is 26.1 Å². The first-order valence-electron chi connectivity index (χ1n) is 3.56. The van der Waals surface area contributed by atoms with Crippen LogP contribution in [0, 0.1) is 6.92 Å². The van der Waals surface area contributed by atoms with E-state index in [0.29, 0.717) is 4.90 Å². The zero-order chi connectivity index (χ0) is 9.19. The average molecular weight is 187 g/mol. The molecule has 0 aliphatic rings. The highest BCUT2D eigenvalue weighted by Crippen LogP contribution is 2.08. The molecule has 0 aliphatic carbocycles. The molecule has 68 valence electrons. The quantitative estimate of drug-likeness (QED) is 0.755. The molecule has 0 spiro atoms. The second-order valence-corrected chi connectivity index (χ2v) is 4.41. The molecule has 0 aromatic heterocycles. The van der Waals surface area contributed by atoms with Crippen LogP contribution in [0.2, 0.25) is 0 Å². The Morgan fingerprint density at radius 3 is 2.17 bits per heavy atom. The van der Waals surface area contributed by atoms with E-state index in [0.717, 1.165) is 5.56 Å². The molecule has 1 aromatic carbocycles. The minimum atomic E-state index is -3.26. The van der Waals surface area contributed by atoms with Crippen molar-refractivity contribution in [2.24, 2.45) is 0 Å². The van der Waals surface area contributed by atoms with E-state index in [1.165, 1.54) is 7.05 Å². The standard InChI is InChI=1S/C8H11NO2S.H2/c1-7-3-5-8(6-4-7)12(10,11)9-2;/h3-6,9H,1-2H3;1H. The maximum atomic E-state index is 11.2. The molecule has 0 saturated carbocycles. The molecular formula is C8H13NO2S. The van der Waals surface area contributed by atoms with Crippen molar-refractivity contribution in [3.05, 3.63) is 29.8 Å². The summed E-state index contributed by atoms with van der Waals surface area (Å²) in [6, 6.07) is 6.71. The van der Waals surface area contributed by atoms with Crippen molar-refractivity contribution in [1.82, 2.24) is 4.72 Å². The van der Waals surface area contributed by atoms with Crippen LogP contribution in [0.1, 0.15) is 6.99 Å². The van der Waals surface area contributed by atoms with Gasteiger partial charge in [-0.1, -0.05) is 17.7 Å². The van der Waals surface area contributed by atoms with Crippen molar-refractivity contribution >= 4 is 10.0 Å². The monoisotopic (exact) mass is 187 g/mol. The molecule has 0 heterocycles. The molecule has 3 nitrogen and oxygen atoms in total. The molecule has 0 radical (unpaired) electrons. The van der Waals surface area contributed by atoms with Gasteiger partial charge in [0.05, 0.1) is 4.90 Å². The zero-order valence-electron chi connectivity index (χ0n) is 7.03. The number of aryl methyl sites for hydroxylation is 1. The number of rotatable bonds is 2. The van der Waals surface area contributed by atoms with Gasteiger partial charge in [0.1, 0.15) is 0 Å². The highest BCUT2D eigenvalue weighted by atomic mass is 32.2. The molecule has 0 bridgehead atoms. The Kier molecular flexibility index (Phi) is 2.49. The topological polar surface area (TPSA) is 46.2 Å². The molecule has 0 fully saturated rings. The van der Waals surface area contributed by atoms with Crippen molar-refractivity contribution < 1.29 is 9.84 Å². The molecule has 0 atom stereocenters. The molecule has 0 saturated heterocycles. The highest BCUT2D eigenvalue weighted by molar-refractivity contribution is 7.89. The summed E-state index contributed by atoms with van der Waals surface area (Å²) < 4.78 is 24.7. The Balaban J connectivity index is 0.00000144. The fourth-order valence-electron chi connectivity index (χ4n) is 0.835. The Labute approximate surface area is 74.0 Å². The second kappa shape index (κ2) is 3.25. The second-order valence-electron chi connectivity index (χ2n) is 2.52. The molecule has 12 heavy (non-hydrogen) atoms. The van der Waals surface area contributed by atoms with Crippen LogP contribution in [0.15, 0.2) is 29.2 Å². The molecule has 0 unspecified atom stereocenters. The van der Waals surface area contributed by atoms with Crippen LogP contribution in [0.3, 0.4) is 0 Å². The Morgan fingerprint density at radius 1 is 1.25 bits per heavy atom. The summed E-state index contributed by atoms with van der Waals surface area (Å²) in [5, 5.41) is 0. The normalized spacial score (nSPS) is 11.5. The summed E-state index contributed by atoms with van der Waals surface area (Å²) in [5.74, 6) is 0. The van der Waals surface area contributed by atoms with Crippen molar-refractivity contribution in [2.75, 3.05) is 7.05 Å². The Bertz CT molecular complexity index is 358. The van der Waals surface area contributed by atoms with Gasteiger partial charge in [-0.3, -0.25) is 0 Å². The molecule has 1 aromatic rings. The molecule has 1 N–H and O–H groups in total. The lowest BCUT2D eigenvalue weighted by Crippen LogP contribution is -2.18. The van der Waals surface area contributed by atoms with Crippen LogP contribution in [0.25, 0.3) is 0 Å². The van der Waals surface area contributed by atoms with Crippen LogP contribution in [-0.4, -0.2) is 15.5 Å². The number of hydrogen-bond donors (Lipinski definition) is 1. The lowest BCUT2D eigenvalue weighted by atomic mass is 10.2. The number of nitrogens with one attached hydrogen (secondary N) is 1. The maximum Gasteiger partial charge on any atom is 0.240 e. The molecule has 0 amide bonds. The van der Waals surface area contributed by atoms with Gasteiger partial charge in [0.15, 0.2) is 0 Å². The van der Waals surface area contributed by atoms with Crippen molar-refractivity contribution in [3.63, 3.8) is 0 Å². The smallest absolute Gasteiger partial charge is 0.214 e. The molecule has 1 rings (SSSR count). The molecule has 0 aliphatic heterocycles. The summed E-state index contributed by atoms with van der Waals surface area (Å²) in [4.78, 5) is 0.301. The highest BCUT2D eigenvalue weighted by Gasteiger charge is 2.09. The van der Waals surface area contributed by atoms with Gasteiger partial charge >= 0.3 is 0 Å². The van der Waals surface area contributed by atoms with Crippen LogP contribution in [-0.2, 0) is 10.0 Å². The number of hydrogen-bond acceptors (Lipinski definition) is 2. The van der Waals surface area contributed by atoms with Gasteiger partial charge in [0, 0.05) is 1.43 Å². The third-order valence-corrected chi connectivity index (χ3v) is 3.03. The number of benzene rings is 1. The minimum Gasteiger partial charge on any atom is -0.214 e. The van der Waals surface area contributed by atoms with Gasteiger partial charge in [0.2, 0.25) is 10.0 Å². The summed E-state index contributed by atoms with van der Waals surface area (Å²) in [7, 11) is -1.87. The predicted molar refractivity (Wildman–Crippen MR) is 49.5 cm³/mol. The largest absolute Gasteiger partial charge is 0.240 e. The SMILES string of the molecule is CNS(=O)(=O)c1ccc(C)cc1.[HH]. The van der Waals surface area contributed by atoms with E-state index in [2.05, 4.69) is 4.72 Å². The fraction of sp³-hybridized carbons (Fsp3) is 0.250. The van der Waals surface area contributed by atoms with Gasteiger partial charge in [0.25, 0.3) is 0 Å². The van der Waals surface area contributed by atoms with E-state index < -0.39 is 10.0 Å². The third kappa shape index (κ3) is 1.84. The summed E-state index contributed by atoms with van der Waals surface area (Å²) in [6.45, 7) is 1.91. The van der Waals surface area contributed by atoms with Crippen LogP contribution < -0.4 is 4.72 Å². The van der Waals surface area contributed by atoms with Crippen LogP contribution in [0.5, 0.6) is 0 Å². The van der Waals surface area contributed by atoms with E-state index in [4.69, 9.17) is 0 Å². The van der Waals surface area contributed by atoms with Gasteiger partial charge < -0.3 is 0 Å². The van der Waals surface area contributed by atoms with E-state index >= 15 is 0 Å². The molecular weight excluding hydrogens is 174 g/mol. The first-order valence-corrected chi connectivity index (χ1v) is 5.05. The van der Waals surface area contributed by atoms with Crippen LogP contribution >= 0.6 is 0 Å². The van der Waals surface area contributed by atoms with Crippen molar-refractivity contribution in [1.29, 1.82) is 0 Å².